The van der Waals surface area contributed by atoms with Gasteiger partial charge in [-0.2, -0.15) is 0 Å². The third-order valence-corrected chi connectivity index (χ3v) is 1.75. The molecule has 0 fully saturated rings. The summed E-state index contributed by atoms with van der Waals surface area (Å²) in [4.78, 5) is 13.6. The predicted molar refractivity (Wildman–Crippen MR) is 52.4 cm³/mol. The third-order valence-electron chi connectivity index (χ3n) is 1.75. The first-order chi connectivity index (χ1) is 6.56. The molecule has 6 nitrogen and oxygen atoms in total. The molecule has 0 aromatic carbocycles. The van der Waals surface area contributed by atoms with Gasteiger partial charge in [-0.05, 0) is 5.56 Å². The summed E-state index contributed by atoms with van der Waals surface area (Å²) in [6.07, 6.45) is 2.87. The van der Waals surface area contributed by atoms with E-state index in [2.05, 4.69) is 11.6 Å². The van der Waals surface area contributed by atoms with Crippen LogP contribution in [-0.2, 0) is 0 Å². The zero-order chi connectivity index (χ0) is 10.7. The van der Waals surface area contributed by atoms with E-state index in [4.69, 9.17) is 11.5 Å². The lowest BCUT2D eigenvalue weighted by Crippen LogP contribution is -2.08. The Morgan fingerprint density at radius 3 is 2.86 bits per heavy atom. The van der Waals surface area contributed by atoms with Crippen LogP contribution in [0.4, 0.5) is 11.5 Å². The highest BCUT2D eigenvalue weighted by Gasteiger charge is 2.15. The van der Waals surface area contributed by atoms with Gasteiger partial charge in [0, 0.05) is 18.3 Å². The van der Waals surface area contributed by atoms with Gasteiger partial charge in [-0.25, -0.2) is 4.98 Å². The summed E-state index contributed by atoms with van der Waals surface area (Å²) in [5, 5.41) is 10.5. The minimum Gasteiger partial charge on any atom is -0.378 e. The van der Waals surface area contributed by atoms with Crippen LogP contribution >= 0.6 is 0 Å². The quantitative estimate of drug-likeness (QED) is 0.419. The van der Waals surface area contributed by atoms with Crippen LogP contribution in [0, 0.1) is 10.1 Å². The zero-order valence-corrected chi connectivity index (χ0v) is 7.38. The van der Waals surface area contributed by atoms with Crippen molar-refractivity contribution in [3.8, 4) is 0 Å². The number of nitrogen functional groups attached to an aromatic ring is 1. The summed E-state index contributed by atoms with van der Waals surface area (Å²) in [5.74, 6) is -0.116. The Hall–Kier alpha value is -1.95. The summed E-state index contributed by atoms with van der Waals surface area (Å²) in [6.45, 7) is 3.48. The van der Waals surface area contributed by atoms with Crippen molar-refractivity contribution in [2.45, 2.75) is 6.04 Å². The van der Waals surface area contributed by atoms with Crippen LogP contribution in [0.3, 0.4) is 0 Å². The fourth-order valence-corrected chi connectivity index (χ4v) is 0.944. The Labute approximate surface area is 80.4 Å². The van der Waals surface area contributed by atoms with Gasteiger partial charge in [-0.3, -0.25) is 10.1 Å². The van der Waals surface area contributed by atoms with Gasteiger partial charge in [-0.15, -0.1) is 6.58 Å². The molecule has 0 aliphatic heterocycles. The smallest absolute Gasteiger partial charge is 0.311 e. The van der Waals surface area contributed by atoms with E-state index >= 15 is 0 Å². The van der Waals surface area contributed by atoms with Crippen LogP contribution in [0.2, 0.25) is 0 Å². The van der Waals surface area contributed by atoms with Gasteiger partial charge in [-0.1, -0.05) is 6.08 Å². The van der Waals surface area contributed by atoms with Crippen molar-refractivity contribution in [1.29, 1.82) is 0 Å². The highest BCUT2D eigenvalue weighted by Crippen LogP contribution is 2.22. The Morgan fingerprint density at radius 2 is 2.36 bits per heavy atom. The molecule has 1 heterocycles. The second kappa shape index (κ2) is 3.84. The maximum Gasteiger partial charge on any atom is 0.311 e. The van der Waals surface area contributed by atoms with Crippen LogP contribution in [-0.4, -0.2) is 9.91 Å². The molecule has 0 amide bonds. The molecule has 0 aliphatic carbocycles. The second-order valence-corrected chi connectivity index (χ2v) is 2.69. The molecule has 74 valence electrons. The number of nitrogens with zero attached hydrogens (tertiary/aromatic N) is 2. The minimum absolute atomic E-state index is 0.116. The van der Waals surface area contributed by atoms with Crippen molar-refractivity contribution in [2.75, 3.05) is 5.73 Å². The van der Waals surface area contributed by atoms with Crippen LogP contribution in [0.5, 0.6) is 0 Å². The lowest BCUT2D eigenvalue weighted by molar-refractivity contribution is -0.384. The molecule has 14 heavy (non-hydrogen) atoms. The number of nitro groups is 1. The molecule has 1 aromatic heterocycles. The van der Waals surface area contributed by atoms with Gasteiger partial charge in [0.05, 0.1) is 4.92 Å². The van der Waals surface area contributed by atoms with Crippen molar-refractivity contribution in [3.63, 3.8) is 0 Å². The van der Waals surface area contributed by atoms with Crippen LogP contribution < -0.4 is 11.5 Å². The average molecular weight is 194 g/mol. The normalized spacial score (nSPS) is 12.1. The van der Waals surface area contributed by atoms with Gasteiger partial charge in [0.25, 0.3) is 0 Å². The standard InChI is InChI=1S/C8H10N4O2/c1-2-6(9)5-3-7(12(13)14)8(10)11-4-5/h2-4,6H,1,9H2,(H2,10,11)/t6-/m1/s1. The summed E-state index contributed by atoms with van der Waals surface area (Å²) in [6, 6.07) is 0.830. The predicted octanol–water partition coefficient (Wildman–Crippen LogP) is 0.758. The van der Waals surface area contributed by atoms with Gasteiger partial charge < -0.3 is 11.5 Å². The number of nitrogens with two attached hydrogens (primary N) is 2. The molecule has 0 radical (unpaired) electrons. The molecule has 0 unspecified atom stereocenters. The maximum absolute atomic E-state index is 10.5. The van der Waals surface area contributed by atoms with E-state index in [9.17, 15) is 10.1 Å². The fourth-order valence-electron chi connectivity index (χ4n) is 0.944. The molecule has 4 N–H and O–H groups in total. The number of anilines is 1. The minimum atomic E-state index is -0.596. The molecule has 1 aromatic rings. The maximum atomic E-state index is 10.5. The van der Waals surface area contributed by atoms with Crippen molar-refractivity contribution in [2.24, 2.45) is 5.73 Å². The Balaban J connectivity index is 3.19. The molecule has 1 atom stereocenters. The molecular formula is C8H10N4O2. The lowest BCUT2D eigenvalue weighted by atomic mass is 10.1. The summed E-state index contributed by atoms with van der Waals surface area (Å²) in [5.41, 5.74) is 11.2. The highest BCUT2D eigenvalue weighted by atomic mass is 16.6. The highest BCUT2D eigenvalue weighted by molar-refractivity contribution is 5.53. The number of hydrogen-bond acceptors (Lipinski definition) is 5. The van der Waals surface area contributed by atoms with Crippen LogP contribution in [0.25, 0.3) is 0 Å². The van der Waals surface area contributed by atoms with E-state index in [1.54, 1.807) is 0 Å². The molecular weight excluding hydrogens is 184 g/mol. The first kappa shape index (κ1) is 10.1. The molecule has 6 heteroatoms. The fraction of sp³-hybridized carbons (Fsp3) is 0.125. The SMILES string of the molecule is C=C[C@@H](N)c1cnc(N)c([N+](=O)[O-])c1. The molecule has 0 spiro atoms. The van der Waals surface area contributed by atoms with Crippen molar-refractivity contribution >= 4 is 11.5 Å². The monoisotopic (exact) mass is 194 g/mol. The number of rotatable bonds is 3. The molecule has 0 aliphatic rings. The zero-order valence-electron chi connectivity index (χ0n) is 7.38. The van der Waals surface area contributed by atoms with Crippen molar-refractivity contribution in [3.05, 3.63) is 40.6 Å². The Bertz CT molecular complexity index is 378. The van der Waals surface area contributed by atoms with Crippen LogP contribution in [0.1, 0.15) is 11.6 Å². The molecule has 1 rings (SSSR count). The topological polar surface area (TPSA) is 108 Å². The van der Waals surface area contributed by atoms with E-state index < -0.39 is 11.0 Å². The first-order valence-electron chi connectivity index (χ1n) is 3.84. The lowest BCUT2D eigenvalue weighted by Gasteiger charge is -2.05. The number of aromatic nitrogens is 1. The summed E-state index contributed by atoms with van der Waals surface area (Å²) < 4.78 is 0. The Morgan fingerprint density at radius 1 is 1.71 bits per heavy atom. The van der Waals surface area contributed by atoms with Gasteiger partial charge in [0.1, 0.15) is 0 Å². The molecule has 0 saturated heterocycles. The van der Waals surface area contributed by atoms with E-state index in [-0.39, 0.29) is 11.5 Å². The van der Waals surface area contributed by atoms with Gasteiger partial charge in [0.15, 0.2) is 0 Å². The average Bonchev–Trinajstić information content (AvgIpc) is 2.17. The van der Waals surface area contributed by atoms with E-state index in [1.807, 2.05) is 0 Å². The number of hydrogen-bond donors (Lipinski definition) is 2. The van der Waals surface area contributed by atoms with Crippen molar-refractivity contribution < 1.29 is 4.92 Å². The van der Waals surface area contributed by atoms with Crippen molar-refractivity contribution in [1.82, 2.24) is 4.98 Å². The Kier molecular flexibility index (Phi) is 2.78. The largest absolute Gasteiger partial charge is 0.378 e. The third kappa shape index (κ3) is 1.86. The summed E-state index contributed by atoms with van der Waals surface area (Å²) >= 11 is 0. The molecule has 0 saturated carbocycles. The van der Waals surface area contributed by atoms with Gasteiger partial charge in [0.2, 0.25) is 5.82 Å². The summed E-state index contributed by atoms with van der Waals surface area (Å²) in [7, 11) is 0. The first-order valence-corrected chi connectivity index (χ1v) is 3.84. The van der Waals surface area contributed by atoms with E-state index in [0.29, 0.717) is 5.56 Å². The van der Waals surface area contributed by atoms with Crippen LogP contribution in [0.15, 0.2) is 24.9 Å². The molecule has 0 bridgehead atoms. The van der Waals surface area contributed by atoms with E-state index in [1.165, 1.54) is 18.3 Å². The number of pyridine rings is 1. The van der Waals surface area contributed by atoms with E-state index in [0.717, 1.165) is 0 Å². The van der Waals surface area contributed by atoms with Gasteiger partial charge >= 0.3 is 5.69 Å². The second-order valence-electron chi connectivity index (χ2n) is 2.69.